The second kappa shape index (κ2) is 3.57. The van der Waals surface area contributed by atoms with E-state index in [4.69, 9.17) is 0 Å². The molecule has 4 rings (SSSR count). The number of hydrogen-bond donors (Lipinski definition) is 0. The van der Waals surface area contributed by atoms with Gasteiger partial charge in [-0.3, -0.25) is 4.99 Å². The zero-order chi connectivity index (χ0) is 11.9. The SMILES string of the molecule is C1=N/C=C\c2cccc3c4ccccc4n(c23)C1. The van der Waals surface area contributed by atoms with Crippen LogP contribution in [0.25, 0.3) is 27.9 Å². The largest absolute Gasteiger partial charge is 0.335 e. The third-order valence-electron chi connectivity index (χ3n) is 3.53. The molecule has 0 amide bonds. The molecule has 0 saturated heterocycles. The van der Waals surface area contributed by atoms with Gasteiger partial charge in [-0.05, 0) is 12.1 Å². The van der Waals surface area contributed by atoms with E-state index in [1.54, 1.807) is 0 Å². The summed E-state index contributed by atoms with van der Waals surface area (Å²) in [7, 11) is 0. The number of hydrogen-bond acceptors (Lipinski definition) is 1. The van der Waals surface area contributed by atoms with Gasteiger partial charge in [0.25, 0.3) is 0 Å². The predicted molar refractivity (Wildman–Crippen MR) is 77.0 cm³/mol. The summed E-state index contributed by atoms with van der Waals surface area (Å²) in [4.78, 5) is 4.28. The van der Waals surface area contributed by atoms with Crippen molar-refractivity contribution in [3.05, 3.63) is 54.2 Å². The minimum absolute atomic E-state index is 0.825. The lowest BCUT2D eigenvalue weighted by atomic mass is 10.1. The third-order valence-corrected chi connectivity index (χ3v) is 3.53. The molecule has 18 heavy (non-hydrogen) atoms. The minimum Gasteiger partial charge on any atom is -0.335 e. The Bertz CT molecular complexity index is 806. The zero-order valence-corrected chi connectivity index (χ0v) is 9.88. The van der Waals surface area contributed by atoms with E-state index in [1.165, 1.54) is 27.4 Å². The monoisotopic (exact) mass is 232 g/mol. The number of para-hydroxylation sites is 2. The number of benzene rings is 2. The van der Waals surface area contributed by atoms with E-state index in [0.29, 0.717) is 0 Å². The van der Waals surface area contributed by atoms with Gasteiger partial charge in [0.1, 0.15) is 0 Å². The van der Waals surface area contributed by atoms with Gasteiger partial charge >= 0.3 is 0 Å². The molecule has 0 aliphatic carbocycles. The van der Waals surface area contributed by atoms with E-state index in [-0.39, 0.29) is 0 Å². The second-order valence-corrected chi connectivity index (χ2v) is 4.52. The van der Waals surface area contributed by atoms with Gasteiger partial charge < -0.3 is 4.57 Å². The smallest absolute Gasteiger partial charge is 0.0585 e. The number of nitrogens with zero attached hydrogens (tertiary/aromatic N) is 2. The molecule has 0 saturated carbocycles. The maximum atomic E-state index is 4.28. The topological polar surface area (TPSA) is 17.3 Å². The lowest BCUT2D eigenvalue weighted by Crippen LogP contribution is -2.00. The van der Waals surface area contributed by atoms with Crippen LogP contribution >= 0.6 is 0 Å². The van der Waals surface area contributed by atoms with Gasteiger partial charge in [-0.25, -0.2) is 0 Å². The Morgan fingerprint density at radius 2 is 1.83 bits per heavy atom. The van der Waals surface area contributed by atoms with Crippen LogP contribution in [0.15, 0.2) is 53.7 Å². The summed E-state index contributed by atoms with van der Waals surface area (Å²) in [5.41, 5.74) is 3.82. The van der Waals surface area contributed by atoms with Crippen molar-refractivity contribution in [2.75, 3.05) is 0 Å². The molecule has 0 radical (unpaired) electrons. The molecule has 2 nitrogen and oxygen atoms in total. The molecule has 2 heteroatoms. The first-order chi connectivity index (χ1) is 8.95. The van der Waals surface area contributed by atoms with E-state index < -0.39 is 0 Å². The fraction of sp³-hybridized carbons (Fsp3) is 0.0625. The van der Waals surface area contributed by atoms with Crippen molar-refractivity contribution >= 4 is 34.1 Å². The Kier molecular flexibility index (Phi) is 1.92. The fourth-order valence-electron chi connectivity index (χ4n) is 2.77. The highest BCUT2D eigenvalue weighted by atomic mass is 15.0. The van der Waals surface area contributed by atoms with Gasteiger partial charge in [-0.1, -0.05) is 36.4 Å². The molecule has 2 heterocycles. The standard InChI is InChI=1S/C16H12N2/c1-2-7-15-13(5-1)14-6-3-4-12-8-9-17-10-11-18(15)16(12)14/h1-10H,11H2/b9-8-,17-10?. The van der Waals surface area contributed by atoms with Crippen molar-refractivity contribution in [3.8, 4) is 0 Å². The quantitative estimate of drug-likeness (QED) is 0.560. The Morgan fingerprint density at radius 1 is 0.944 bits per heavy atom. The first-order valence-corrected chi connectivity index (χ1v) is 6.13. The summed E-state index contributed by atoms with van der Waals surface area (Å²) >= 11 is 0. The molecule has 1 aliphatic heterocycles. The lowest BCUT2D eigenvalue weighted by Gasteiger charge is -2.07. The van der Waals surface area contributed by atoms with Crippen LogP contribution < -0.4 is 0 Å². The van der Waals surface area contributed by atoms with Gasteiger partial charge in [0.15, 0.2) is 0 Å². The molecule has 3 aromatic rings. The summed E-state index contributed by atoms with van der Waals surface area (Å²) in [5, 5.41) is 2.64. The van der Waals surface area contributed by atoms with Gasteiger partial charge in [-0.2, -0.15) is 0 Å². The molecular weight excluding hydrogens is 220 g/mol. The highest BCUT2D eigenvalue weighted by Gasteiger charge is 2.12. The van der Waals surface area contributed by atoms with Gasteiger partial charge in [0.05, 0.1) is 12.1 Å². The van der Waals surface area contributed by atoms with Gasteiger partial charge in [0.2, 0.25) is 0 Å². The van der Waals surface area contributed by atoms with Crippen LogP contribution in [0.4, 0.5) is 0 Å². The molecule has 2 aromatic carbocycles. The Balaban J connectivity index is 2.30. The number of aliphatic imine (C=N–C) groups is 1. The van der Waals surface area contributed by atoms with Crippen LogP contribution in [0.5, 0.6) is 0 Å². The normalized spacial score (nSPS) is 15.8. The maximum absolute atomic E-state index is 4.28. The highest BCUT2D eigenvalue weighted by molar-refractivity contribution is 6.10. The van der Waals surface area contributed by atoms with Crippen molar-refractivity contribution in [2.24, 2.45) is 4.99 Å². The molecule has 0 atom stereocenters. The summed E-state index contributed by atoms with van der Waals surface area (Å²) < 4.78 is 2.34. The minimum atomic E-state index is 0.825. The van der Waals surface area contributed by atoms with Crippen molar-refractivity contribution in [2.45, 2.75) is 6.54 Å². The lowest BCUT2D eigenvalue weighted by molar-refractivity contribution is 0.947. The molecule has 0 bridgehead atoms. The van der Waals surface area contributed by atoms with E-state index in [2.05, 4.69) is 58.1 Å². The van der Waals surface area contributed by atoms with Crippen LogP contribution in [-0.4, -0.2) is 10.8 Å². The fourth-order valence-corrected chi connectivity index (χ4v) is 2.77. The van der Waals surface area contributed by atoms with E-state index >= 15 is 0 Å². The van der Waals surface area contributed by atoms with E-state index in [0.717, 1.165) is 6.54 Å². The third kappa shape index (κ3) is 1.20. The average molecular weight is 232 g/mol. The summed E-state index contributed by atoms with van der Waals surface area (Å²) in [5.74, 6) is 0. The van der Waals surface area contributed by atoms with Gasteiger partial charge in [0, 0.05) is 34.3 Å². The second-order valence-electron chi connectivity index (χ2n) is 4.52. The van der Waals surface area contributed by atoms with E-state index in [9.17, 15) is 0 Å². The first-order valence-electron chi connectivity index (χ1n) is 6.13. The molecule has 1 aliphatic rings. The van der Waals surface area contributed by atoms with Gasteiger partial charge in [-0.15, -0.1) is 0 Å². The van der Waals surface area contributed by atoms with Crippen molar-refractivity contribution in [1.82, 2.24) is 4.57 Å². The molecule has 0 spiro atoms. The van der Waals surface area contributed by atoms with Crippen LogP contribution in [0.2, 0.25) is 0 Å². The molecule has 0 fully saturated rings. The van der Waals surface area contributed by atoms with Crippen LogP contribution in [-0.2, 0) is 6.54 Å². The predicted octanol–water partition coefficient (Wildman–Crippen LogP) is 3.85. The molecule has 0 unspecified atom stereocenters. The van der Waals surface area contributed by atoms with Crippen molar-refractivity contribution in [1.29, 1.82) is 0 Å². The number of aromatic nitrogens is 1. The number of rotatable bonds is 0. The molecule has 0 N–H and O–H groups in total. The van der Waals surface area contributed by atoms with Crippen LogP contribution in [0.1, 0.15) is 5.56 Å². The Morgan fingerprint density at radius 3 is 2.83 bits per heavy atom. The summed E-state index contributed by atoms with van der Waals surface area (Å²) in [6.07, 6.45) is 5.90. The molecule has 1 aromatic heterocycles. The summed E-state index contributed by atoms with van der Waals surface area (Å²) in [6.45, 7) is 0.825. The van der Waals surface area contributed by atoms with E-state index in [1.807, 2.05) is 12.4 Å². The molecular formula is C16H12N2. The first kappa shape index (κ1) is 9.66. The Labute approximate surface area is 105 Å². The Hall–Kier alpha value is -2.35. The van der Waals surface area contributed by atoms with Crippen LogP contribution in [0.3, 0.4) is 0 Å². The average Bonchev–Trinajstić information content (AvgIpc) is 2.70. The summed E-state index contributed by atoms with van der Waals surface area (Å²) in [6, 6.07) is 15.0. The van der Waals surface area contributed by atoms with Crippen molar-refractivity contribution < 1.29 is 0 Å². The zero-order valence-electron chi connectivity index (χ0n) is 9.88. The number of fused-ring (bicyclic) bond motifs is 3. The van der Waals surface area contributed by atoms with Crippen LogP contribution in [0, 0.1) is 0 Å². The molecule has 86 valence electrons. The van der Waals surface area contributed by atoms with Crippen molar-refractivity contribution in [3.63, 3.8) is 0 Å². The maximum Gasteiger partial charge on any atom is 0.0585 e. The highest BCUT2D eigenvalue weighted by Crippen LogP contribution is 2.31.